The topological polar surface area (TPSA) is 24.1 Å². The van der Waals surface area contributed by atoms with Gasteiger partial charge in [0.2, 0.25) is 0 Å². The van der Waals surface area contributed by atoms with Crippen molar-refractivity contribution < 1.29 is 0 Å². The quantitative estimate of drug-likeness (QED) is 0.681. The van der Waals surface area contributed by atoms with Crippen molar-refractivity contribution in [1.82, 2.24) is 10.6 Å². The molecule has 0 aromatic carbocycles. The van der Waals surface area contributed by atoms with Gasteiger partial charge in [-0.2, -0.15) is 0 Å². The lowest BCUT2D eigenvalue weighted by Crippen LogP contribution is -2.44. The third kappa shape index (κ3) is 10.2. The van der Waals surface area contributed by atoms with Crippen LogP contribution in [0.5, 0.6) is 0 Å². The first-order valence-electron chi connectivity index (χ1n) is 6.33. The van der Waals surface area contributed by atoms with Crippen molar-refractivity contribution in [1.29, 1.82) is 0 Å². The van der Waals surface area contributed by atoms with Gasteiger partial charge < -0.3 is 10.6 Å². The molecule has 2 unspecified atom stereocenters. The molecule has 2 N–H and O–H groups in total. The molecule has 0 rings (SSSR count). The van der Waals surface area contributed by atoms with E-state index in [0.29, 0.717) is 6.04 Å². The molecule has 15 heavy (non-hydrogen) atoms. The molecular formula is C13H30N2. The second kappa shape index (κ2) is 7.24. The number of rotatable bonds is 7. The van der Waals surface area contributed by atoms with Crippen LogP contribution in [0.15, 0.2) is 0 Å². The molecule has 0 aromatic rings. The molecule has 2 atom stereocenters. The summed E-state index contributed by atoms with van der Waals surface area (Å²) in [5.41, 5.74) is 0.229. The summed E-state index contributed by atoms with van der Waals surface area (Å²) < 4.78 is 0. The van der Waals surface area contributed by atoms with E-state index in [4.69, 9.17) is 0 Å². The molecule has 0 aliphatic heterocycles. The van der Waals surface area contributed by atoms with Crippen molar-refractivity contribution in [3.63, 3.8) is 0 Å². The summed E-state index contributed by atoms with van der Waals surface area (Å²) >= 11 is 0. The normalized spacial score (nSPS) is 16.4. The van der Waals surface area contributed by atoms with Crippen molar-refractivity contribution in [3.8, 4) is 0 Å². The van der Waals surface area contributed by atoms with Gasteiger partial charge >= 0.3 is 0 Å². The van der Waals surface area contributed by atoms with Crippen molar-refractivity contribution in [2.24, 2.45) is 5.92 Å². The smallest absolute Gasteiger partial charge is 0.0164 e. The molecule has 0 aliphatic carbocycles. The monoisotopic (exact) mass is 214 g/mol. The van der Waals surface area contributed by atoms with E-state index >= 15 is 0 Å². The summed E-state index contributed by atoms with van der Waals surface area (Å²) in [4.78, 5) is 0. The van der Waals surface area contributed by atoms with Crippen LogP contribution in [0.3, 0.4) is 0 Å². The second-order valence-electron chi connectivity index (χ2n) is 5.79. The predicted molar refractivity (Wildman–Crippen MR) is 69.3 cm³/mol. The maximum atomic E-state index is 3.56. The van der Waals surface area contributed by atoms with E-state index < -0.39 is 0 Å². The molecular weight excluding hydrogens is 184 g/mol. The highest BCUT2D eigenvalue weighted by atomic mass is 15.0. The molecule has 2 heteroatoms. The highest BCUT2D eigenvalue weighted by molar-refractivity contribution is 4.74. The Morgan fingerprint density at radius 1 is 1.13 bits per heavy atom. The van der Waals surface area contributed by atoms with Crippen LogP contribution in [0.2, 0.25) is 0 Å². The molecule has 92 valence electrons. The van der Waals surface area contributed by atoms with E-state index in [-0.39, 0.29) is 5.54 Å². The maximum Gasteiger partial charge on any atom is 0.0164 e. The van der Waals surface area contributed by atoms with Gasteiger partial charge in [0.25, 0.3) is 0 Å². The van der Waals surface area contributed by atoms with Gasteiger partial charge in [-0.25, -0.2) is 0 Å². The van der Waals surface area contributed by atoms with Gasteiger partial charge in [0.1, 0.15) is 0 Å². The molecule has 0 spiro atoms. The maximum absolute atomic E-state index is 3.56. The average molecular weight is 214 g/mol. The minimum atomic E-state index is 0.229. The van der Waals surface area contributed by atoms with Gasteiger partial charge in [-0.1, -0.05) is 20.3 Å². The molecule has 0 radical (unpaired) electrons. The van der Waals surface area contributed by atoms with E-state index in [1.165, 1.54) is 12.8 Å². The Kier molecular flexibility index (Phi) is 7.20. The molecule has 0 aliphatic rings. The van der Waals surface area contributed by atoms with Crippen LogP contribution in [0, 0.1) is 5.92 Å². The van der Waals surface area contributed by atoms with Crippen LogP contribution >= 0.6 is 0 Å². The minimum Gasteiger partial charge on any atom is -0.313 e. The van der Waals surface area contributed by atoms with Crippen LogP contribution in [0.25, 0.3) is 0 Å². The first-order valence-corrected chi connectivity index (χ1v) is 6.33. The fourth-order valence-corrected chi connectivity index (χ4v) is 1.31. The number of hydrogen-bond donors (Lipinski definition) is 2. The average Bonchev–Trinajstić information content (AvgIpc) is 2.13. The Hall–Kier alpha value is -0.0800. The van der Waals surface area contributed by atoms with E-state index in [1.54, 1.807) is 0 Å². The third-order valence-corrected chi connectivity index (χ3v) is 2.77. The van der Waals surface area contributed by atoms with Crippen LogP contribution in [0.4, 0.5) is 0 Å². The Labute approximate surface area is 96.2 Å². The van der Waals surface area contributed by atoms with Gasteiger partial charge in [-0.05, 0) is 46.6 Å². The summed E-state index contributed by atoms with van der Waals surface area (Å²) in [7, 11) is 0. The predicted octanol–water partition coefficient (Wildman–Crippen LogP) is 2.79. The molecule has 0 heterocycles. The van der Waals surface area contributed by atoms with Crippen LogP contribution in [-0.4, -0.2) is 24.7 Å². The highest BCUT2D eigenvalue weighted by Gasteiger charge is 2.10. The van der Waals surface area contributed by atoms with E-state index in [9.17, 15) is 0 Å². The molecule has 0 saturated heterocycles. The molecule has 0 saturated carbocycles. The number of hydrogen-bond acceptors (Lipinski definition) is 2. The Morgan fingerprint density at radius 2 is 1.73 bits per heavy atom. The Bertz CT molecular complexity index is 149. The lowest BCUT2D eigenvalue weighted by molar-refractivity contribution is 0.379. The zero-order valence-electron chi connectivity index (χ0n) is 11.5. The summed E-state index contributed by atoms with van der Waals surface area (Å²) in [5, 5.41) is 7.07. The molecule has 0 amide bonds. The second-order valence-corrected chi connectivity index (χ2v) is 5.79. The SMILES string of the molecule is CCC(C)CCNC(C)CNC(C)(C)C. The summed E-state index contributed by atoms with van der Waals surface area (Å²) in [6.07, 6.45) is 2.58. The van der Waals surface area contributed by atoms with Gasteiger partial charge in [0.15, 0.2) is 0 Å². The third-order valence-electron chi connectivity index (χ3n) is 2.77. The number of nitrogens with one attached hydrogen (secondary N) is 2. The zero-order chi connectivity index (χ0) is 11.9. The van der Waals surface area contributed by atoms with E-state index in [0.717, 1.165) is 19.0 Å². The summed E-state index contributed by atoms with van der Waals surface area (Å²) in [6, 6.07) is 0.563. The minimum absolute atomic E-state index is 0.229. The highest BCUT2D eigenvalue weighted by Crippen LogP contribution is 2.04. The van der Waals surface area contributed by atoms with Crippen molar-refractivity contribution in [2.45, 2.75) is 66.0 Å². The fourth-order valence-electron chi connectivity index (χ4n) is 1.31. The van der Waals surface area contributed by atoms with E-state index in [1.807, 2.05) is 0 Å². The Balaban J connectivity index is 3.45. The molecule has 0 bridgehead atoms. The first kappa shape index (κ1) is 14.9. The fraction of sp³-hybridized carbons (Fsp3) is 1.00. The standard InChI is InChI=1S/C13H30N2/c1-7-11(2)8-9-14-12(3)10-15-13(4,5)6/h11-12,14-15H,7-10H2,1-6H3. The van der Waals surface area contributed by atoms with Crippen LogP contribution < -0.4 is 10.6 Å². The molecule has 2 nitrogen and oxygen atoms in total. The van der Waals surface area contributed by atoms with Crippen molar-refractivity contribution >= 4 is 0 Å². The van der Waals surface area contributed by atoms with E-state index in [2.05, 4.69) is 52.2 Å². The van der Waals surface area contributed by atoms with Crippen molar-refractivity contribution in [3.05, 3.63) is 0 Å². The van der Waals surface area contributed by atoms with Crippen LogP contribution in [0.1, 0.15) is 54.4 Å². The van der Waals surface area contributed by atoms with Gasteiger partial charge in [0, 0.05) is 18.1 Å². The Morgan fingerprint density at radius 3 is 2.20 bits per heavy atom. The summed E-state index contributed by atoms with van der Waals surface area (Å²) in [5.74, 6) is 0.847. The van der Waals surface area contributed by atoms with Gasteiger partial charge in [0.05, 0.1) is 0 Å². The van der Waals surface area contributed by atoms with Gasteiger partial charge in [-0.15, -0.1) is 0 Å². The molecule has 0 aromatic heterocycles. The lowest BCUT2D eigenvalue weighted by atomic mass is 10.1. The van der Waals surface area contributed by atoms with Gasteiger partial charge in [-0.3, -0.25) is 0 Å². The van der Waals surface area contributed by atoms with Crippen molar-refractivity contribution in [2.75, 3.05) is 13.1 Å². The summed E-state index contributed by atoms with van der Waals surface area (Å²) in [6.45, 7) is 15.6. The lowest BCUT2D eigenvalue weighted by Gasteiger charge is -2.24. The molecule has 0 fully saturated rings. The largest absolute Gasteiger partial charge is 0.313 e. The first-order chi connectivity index (χ1) is 6.85. The zero-order valence-corrected chi connectivity index (χ0v) is 11.5. The van der Waals surface area contributed by atoms with Crippen LogP contribution in [-0.2, 0) is 0 Å².